The molecule has 0 aliphatic heterocycles. The molecule has 0 spiro atoms. The van der Waals surface area contributed by atoms with Crippen LogP contribution in [0.2, 0.25) is 0 Å². The first-order valence-electron chi connectivity index (χ1n) is 8.68. The molecule has 0 unspecified atom stereocenters. The summed E-state index contributed by atoms with van der Waals surface area (Å²) in [5.74, 6) is 1.38. The number of hydrogen-bond donors (Lipinski definition) is 3. The molecule has 4 aromatic rings. The highest BCUT2D eigenvalue weighted by atomic mass is 16.3. The number of nitrogens with two attached hydrogens (primary N) is 1. The molecule has 0 radical (unpaired) electrons. The zero-order valence-electron chi connectivity index (χ0n) is 14.4. The third kappa shape index (κ3) is 2.95. The molecule has 0 aliphatic carbocycles. The summed E-state index contributed by atoms with van der Waals surface area (Å²) in [6.07, 6.45) is 1.48. The van der Waals surface area contributed by atoms with Gasteiger partial charge in [-0.05, 0) is 29.8 Å². The van der Waals surface area contributed by atoms with E-state index in [4.69, 9.17) is 4.42 Å². The van der Waals surface area contributed by atoms with Crippen molar-refractivity contribution in [1.82, 2.24) is 9.97 Å². The molecular weight excluding hydrogens is 330 g/mol. The van der Waals surface area contributed by atoms with Crippen LogP contribution in [-0.4, -0.2) is 26.7 Å². The van der Waals surface area contributed by atoms with Crippen LogP contribution in [0.4, 0.5) is 5.82 Å². The second kappa shape index (κ2) is 6.65. The average Bonchev–Trinajstić information content (AvgIpc) is 3.03. The van der Waals surface area contributed by atoms with Crippen molar-refractivity contribution in [1.29, 1.82) is 0 Å². The lowest BCUT2D eigenvalue weighted by molar-refractivity contribution is -0.573. The quantitative estimate of drug-likeness (QED) is 0.481. The highest BCUT2D eigenvalue weighted by molar-refractivity contribution is 6.04. The van der Waals surface area contributed by atoms with Gasteiger partial charge in [0, 0.05) is 18.2 Å². The molecule has 6 nitrogen and oxygen atoms in total. The van der Waals surface area contributed by atoms with Gasteiger partial charge in [-0.15, -0.1) is 0 Å². The molecule has 6 heteroatoms. The fourth-order valence-corrected chi connectivity index (χ4v) is 3.06. The molecule has 0 amide bonds. The van der Waals surface area contributed by atoms with Gasteiger partial charge in [0.05, 0.1) is 6.54 Å². The van der Waals surface area contributed by atoms with Crippen molar-refractivity contribution in [3.63, 3.8) is 0 Å². The van der Waals surface area contributed by atoms with E-state index < -0.39 is 0 Å². The van der Waals surface area contributed by atoms with E-state index in [1.807, 2.05) is 36.5 Å². The molecule has 2 heterocycles. The Hall–Kier alpha value is -3.12. The zero-order valence-corrected chi connectivity index (χ0v) is 14.4. The van der Waals surface area contributed by atoms with Gasteiger partial charge in [0.1, 0.15) is 16.9 Å². The number of hydrogen-bond acceptors (Lipinski definition) is 5. The Morgan fingerprint density at radius 1 is 1.04 bits per heavy atom. The van der Waals surface area contributed by atoms with Crippen molar-refractivity contribution in [2.24, 2.45) is 0 Å². The molecule has 0 saturated carbocycles. The van der Waals surface area contributed by atoms with Crippen LogP contribution in [-0.2, 0) is 12.8 Å². The number of phenols is 2. The summed E-state index contributed by atoms with van der Waals surface area (Å²) in [4.78, 5) is 9.27. The van der Waals surface area contributed by atoms with Gasteiger partial charge in [-0.1, -0.05) is 25.1 Å². The molecule has 132 valence electrons. The van der Waals surface area contributed by atoms with E-state index >= 15 is 0 Å². The van der Waals surface area contributed by atoms with Crippen LogP contribution in [0, 0.1) is 0 Å². The lowest BCUT2D eigenvalue weighted by atomic mass is 10.1. The third-order valence-electron chi connectivity index (χ3n) is 4.42. The second-order valence-electron chi connectivity index (χ2n) is 6.22. The first-order valence-corrected chi connectivity index (χ1v) is 8.68. The van der Waals surface area contributed by atoms with Crippen LogP contribution in [0.1, 0.15) is 18.3 Å². The van der Waals surface area contributed by atoms with Crippen molar-refractivity contribution in [2.45, 2.75) is 19.8 Å². The summed E-state index contributed by atoms with van der Waals surface area (Å²) >= 11 is 0. The lowest BCUT2D eigenvalue weighted by Crippen LogP contribution is -2.79. The Labute approximate surface area is 150 Å². The largest absolute Gasteiger partial charge is 0.504 e. The highest BCUT2D eigenvalue weighted by Gasteiger charge is 2.17. The number of aromatic nitrogens is 2. The number of aryl methyl sites for hydroxylation is 1. The van der Waals surface area contributed by atoms with Gasteiger partial charge in [-0.25, -0.2) is 4.98 Å². The summed E-state index contributed by atoms with van der Waals surface area (Å²) in [5, 5.41) is 22.1. The van der Waals surface area contributed by atoms with Gasteiger partial charge in [0.2, 0.25) is 5.58 Å². The van der Waals surface area contributed by atoms with Crippen LogP contribution >= 0.6 is 0 Å². The smallest absolute Gasteiger partial charge is 0.272 e. The molecule has 4 N–H and O–H groups in total. The molecule has 2 aromatic carbocycles. The Morgan fingerprint density at radius 3 is 2.69 bits per heavy atom. The minimum absolute atomic E-state index is 0.0996. The van der Waals surface area contributed by atoms with Gasteiger partial charge < -0.3 is 14.6 Å². The standard InChI is InChI=1S/C20H19N3O3/c1-2-17-22-18-13-5-3-4-6-16(13)26-19(18)20(23-17)21-10-9-12-7-8-14(24)15(25)11-12/h3-8,11,24-25H,2,9-10H2,1H3,(H,21,22,23)/p+1. The normalized spacial score (nSPS) is 11.4. The maximum atomic E-state index is 9.61. The molecule has 4 rings (SSSR count). The van der Waals surface area contributed by atoms with E-state index in [1.165, 1.54) is 6.07 Å². The van der Waals surface area contributed by atoms with Crippen LogP contribution < -0.4 is 5.32 Å². The summed E-state index contributed by atoms with van der Waals surface area (Å²) in [5.41, 5.74) is 3.31. The molecule has 0 bridgehead atoms. The summed E-state index contributed by atoms with van der Waals surface area (Å²) in [7, 11) is 0. The van der Waals surface area contributed by atoms with Crippen LogP contribution in [0.15, 0.2) is 46.9 Å². The fourth-order valence-electron chi connectivity index (χ4n) is 3.06. The molecule has 0 atom stereocenters. The summed E-state index contributed by atoms with van der Waals surface area (Å²) < 4.78 is 5.99. The molecule has 0 aliphatic rings. The molecule has 0 saturated heterocycles. The van der Waals surface area contributed by atoms with Gasteiger partial charge in [0.15, 0.2) is 11.5 Å². The van der Waals surface area contributed by atoms with Crippen LogP contribution in [0.3, 0.4) is 0 Å². The minimum Gasteiger partial charge on any atom is -0.504 e. The Morgan fingerprint density at radius 2 is 1.88 bits per heavy atom. The van der Waals surface area contributed by atoms with Gasteiger partial charge in [-0.2, -0.15) is 4.98 Å². The lowest BCUT2D eigenvalue weighted by Gasteiger charge is -2.04. The van der Waals surface area contributed by atoms with E-state index in [0.29, 0.717) is 5.58 Å². The van der Waals surface area contributed by atoms with Crippen molar-refractivity contribution < 1.29 is 19.9 Å². The maximum Gasteiger partial charge on any atom is 0.272 e. The van der Waals surface area contributed by atoms with Crippen molar-refractivity contribution >= 4 is 27.9 Å². The average molecular weight is 350 g/mol. The Kier molecular flexibility index (Phi) is 4.18. The van der Waals surface area contributed by atoms with Gasteiger partial charge in [0.25, 0.3) is 5.82 Å². The van der Waals surface area contributed by atoms with Crippen molar-refractivity contribution in [3.05, 3.63) is 53.9 Å². The topological polar surface area (TPSA) is 96.0 Å². The first-order chi connectivity index (χ1) is 12.7. The van der Waals surface area contributed by atoms with E-state index in [-0.39, 0.29) is 11.5 Å². The number of nitrogens with zero attached hydrogens (tertiary/aromatic N) is 2. The number of rotatable bonds is 5. The third-order valence-corrected chi connectivity index (χ3v) is 4.42. The van der Waals surface area contributed by atoms with E-state index in [0.717, 1.165) is 53.1 Å². The molecule has 26 heavy (non-hydrogen) atoms. The van der Waals surface area contributed by atoms with Crippen molar-refractivity contribution in [2.75, 3.05) is 6.54 Å². The molecule has 2 aromatic heterocycles. The number of fused-ring (bicyclic) bond motifs is 3. The van der Waals surface area contributed by atoms with E-state index in [2.05, 4.69) is 9.97 Å². The zero-order chi connectivity index (χ0) is 18.1. The fraction of sp³-hybridized carbons (Fsp3) is 0.200. The second-order valence-corrected chi connectivity index (χ2v) is 6.22. The number of benzene rings is 2. The predicted octanol–water partition coefficient (Wildman–Crippen LogP) is 2.79. The molecular formula is C20H20N3O3+. The predicted molar refractivity (Wildman–Crippen MR) is 98.6 cm³/mol. The SMILES string of the molecule is CCc1nc([NH2+]CCc2ccc(O)c(O)c2)c2oc3ccccc3c2n1. The van der Waals surface area contributed by atoms with E-state index in [1.54, 1.807) is 12.1 Å². The summed E-state index contributed by atoms with van der Waals surface area (Å²) in [6, 6.07) is 12.8. The van der Waals surface area contributed by atoms with Crippen LogP contribution in [0.25, 0.3) is 22.1 Å². The number of phenolic OH excluding ortho intramolecular Hbond substituents is 2. The van der Waals surface area contributed by atoms with Crippen molar-refractivity contribution in [3.8, 4) is 11.5 Å². The highest BCUT2D eigenvalue weighted by Crippen LogP contribution is 2.29. The first kappa shape index (κ1) is 16.4. The van der Waals surface area contributed by atoms with Crippen LogP contribution in [0.5, 0.6) is 11.5 Å². The number of aromatic hydroxyl groups is 2. The summed E-state index contributed by atoms with van der Waals surface area (Å²) in [6.45, 7) is 2.77. The maximum absolute atomic E-state index is 9.61. The number of quaternary nitrogens is 1. The van der Waals surface area contributed by atoms with E-state index in [9.17, 15) is 10.2 Å². The monoisotopic (exact) mass is 350 g/mol. The van der Waals surface area contributed by atoms with Gasteiger partial charge >= 0.3 is 0 Å². The van der Waals surface area contributed by atoms with Gasteiger partial charge in [-0.3, -0.25) is 5.32 Å². The Balaban J connectivity index is 1.63. The number of para-hydroxylation sites is 1. The molecule has 0 fully saturated rings. The minimum atomic E-state index is -0.106. The number of furan rings is 1. The Bertz CT molecular complexity index is 1090.